The first-order valence-electron chi connectivity index (χ1n) is 12.6. The molecule has 2 N–H and O–H groups in total. The Balaban J connectivity index is 1.40. The van der Waals surface area contributed by atoms with E-state index in [1.54, 1.807) is 24.3 Å². The predicted molar refractivity (Wildman–Crippen MR) is 139 cm³/mol. The highest BCUT2D eigenvalue weighted by Crippen LogP contribution is 2.48. The maximum Gasteiger partial charge on any atom is 0.150 e. The van der Waals surface area contributed by atoms with Crippen molar-refractivity contribution in [3.05, 3.63) is 83.2 Å². The topological polar surface area (TPSA) is 62.2 Å². The van der Waals surface area contributed by atoms with E-state index in [-0.39, 0.29) is 30.1 Å². The summed E-state index contributed by atoms with van der Waals surface area (Å²) in [6.45, 7) is 5.84. The second kappa shape index (κ2) is 10.4. The molecular weight excluding hydrogens is 476 g/mol. The van der Waals surface area contributed by atoms with Crippen LogP contribution in [0.5, 0.6) is 23.0 Å². The van der Waals surface area contributed by atoms with Crippen molar-refractivity contribution in [3.63, 3.8) is 0 Å². The van der Waals surface area contributed by atoms with E-state index in [2.05, 4.69) is 11.8 Å². The van der Waals surface area contributed by atoms with Gasteiger partial charge in [0.05, 0.1) is 6.67 Å². The van der Waals surface area contributed by atoms with E-state index in [0.717, 1.165) is 36.7 Å². The summed E-state index contributed by atoms with van der Waals surface area (Å²) in [6.07, 6.45) is 0.280. The summed E-state index contributed by atoms with van der Waals surface area (Å²) in [7, 11) is 0. The Morgan fingerprint density at radius 2 is 1.76 bits per heavy atom. The van der Waals surface area contributed by atoms with Crippen LogP contribution in [-0.2, 0) is 0 Å². The van der Waals surface area contributed by atoms with Gasteiger partial charge < -0.3 is 19.7 Å². The predicted octanol–water partition coefficient (Wildman–Crippen LogP) is 6.36. The highest BCUT2D eigenvalue weighted by Gasteiger charge is 2.31. The number of halogens is 2. The Morgan fingerprint density at radius 1 is 1.03 bits per heavy atom. The summed E-state index contributed by atoms with van der Waals surface area (Å²) in [4.78, 5) is 2.26. The Bertz CT molecular complexity index is 1310. The third-order valence-corrected chi connectivity index (χ3v) is 7.35. The zero-order valence-electron chi connectivity index (χ0n) is 21.0. The first-order chi connectivity index (χ1) is 17.8. The van der Waals surface area contributed by atoms with Crippen LogP contribution in [0.4, 0.5) is 8.78 Å². The summed E-state index contributed by atoms with van der Waals surface area (Å²) in [6, 6.07) is 16.7. The average Bonchev–Trinajstić information content (AvgIpc) is 3.38. The molecule has 2 aliphatic rings. The standard InChI is InChI=1S/C30H31F2NO4/c1-18(33-12-11-20(15-31)16-33)17-36-24-7-3-21(4-8-24)30-29(25-9-5-23(35)14-27(25)32)19(2)26-13-22(34)6-10-28(26)37-30/h3-10,13-14,18,20,30,34-35H,11-12,15-17H2,1-2H3. The molecule has 7 heteroatoms. The van der Waals surface area contributed by atoms with Crippen LogP contribution in [-0.4, -0.2) is 47.5 Å². The van der Waals surface area contributed by atoms with Crippen molar-refractivity contribution >= 4 is 11.1 Å². The van der Waals surface area contributed by atoms with Gasteiger partial charge in [-0.3, -0.25) is 9.29 Å². The van der Waals surface area contributed by atoms with Crippen LogP contribution in [0.15, 0.2) is 60.7 Å². The number of allylic oxidation sites excluding steroid dienone is 1. The maximum atomic E-state index is 15.0. The van der Waals surface area contributed by atoms with Gasteiger partial charge in [0.15, 0.2) is 0 Å². The number of ether oxygens (including phenoxy) is 2. The molecule has 5 rings (SSSR count). The second-order valence-corrected chi connectivity index (χ2v) is 9.91. The molecule has 3 unspecified atom stereocenters. The minimum absolute atomic E-state index is 0.0931. The van der Waals surface area contributed by atoms with Gasteiger partial charge >= 0.3 is 0 Å². The lowest BCUT2D eigenvalue weighted by Crippen LogP contribution is -2.35. The van der Waals surface area contributed by atoms with Crippen molar-refractivity contribution < 1.29 is 28.5 Å². The molecule has 3 atom stereocenters. The van der Waals surface area contributed by atoms with Gasteiger partial charge in [-0.25, -0.2) is 4.39 Å². The number of phenols is 2. The fourth-order valence-electron chi connectivity index (χ4n) is 5.19. The van der Waals surface area contributed by atoms with Gasteiger partial charge in [0.1, 0.15) is 41.5 Å². The number of hydrogen-bond acceptors (Lipinski definition) is 5. The molecule has 2 aliphatic heterocycles. The number of hydrogen-bond donors (Lipinski definition) is 2. The molecule has 0 radical (unpaired) electrons. The Hall–Kier alpha value is -3.58. The first kappa shape index (κ1) is 25.1. The first-order valence-corrected chi connectivity index (χ1v) is 12.6. The Morgan fingerprint density at radius 3 is 2.46 bits per heavy atom. The fraction of sp³-hybridized carbons (Fsp3) is 0.333. The number of rotatable bonds is 7. The number of nitrogens with zero attached hydrogens (tertiary/aromatic N) is 1. The molecule has 0 aliphatic carbocycles. The van der Waals surface area contributed by atoms with Gasteiger partial charge in [-0.15, -0.1) is 0 Å². The van der Waals surface area contributed by atoms with Crippen molar-refractivity contribution in [2.75, 3.05) is 26.4 Å². The lowest BCUT2D eigenvalue weighted by molar-refractivity contribution is 0.165. The van der Waals surface area contributed by atoms with E-state index >= 15 is 4.39 Å². The van der Waals surface area contributed by atoms with Crippen LogP contribution in [0.25, 0.3) is 11.1 Å². The van der Waals surface area contributed by atoms with Crippen LogP contribution in [0.3, 0.4) is 0 Å². The molecule has 0 bridgehead atoms. The molecule has 0 aromatic heterocycles. The maximum absolute atomic E-state index is 15.0. The van der Waals surface area contributed by atoms with Crippen molar-refractivity contribution in [1.29, 1.82) is 0 Å². The third-order valence-electron chi connectivity index (χ3n) is 7.35. The van der Waals surface area contributed by atoms with Crippen molar-refractivity contribution in [1.82, 2.24) is 4.90 Å². The minimum Gasteiger partial charge on any atom is -0.508 e. The second-order valence-electron chi connectivity index (χ2n) is 9.91. The van der Waals surface area contributed by atoms with Crippen molar-refractivity contribution in [2.24, 2.45) is 5.92 Å². The third kappa shape index (κ3) is 5.14. The minimum atomic E-state index is -0.605. The number of aromatic hydroxyl groups is 2. The van der Waals surface area contributed by atoms with Gasteiger partial charge in [0.25, 0.3) is 0 Å². The quantitative estimate of drug-likeness (QED) is 0.390. The highest BCUT2D eigenvalue weighted by atomic mass is 19.1. The zero-order valence-corrected chi connectivity index (χ0v) is 21.0. The highest BCUT2D eigenvalue weighted by molar-refractivity contribution is 5.95. The molecule has 3 aromatic rings. The largest absolute Gasteiger partial charge is 0.508 e. The molecule has 2 heterocycles. The van der Waals surface area contributed by atoms with Crippen molar-refractivity contribution in [2.45, 2.75) is 32.4 Å². The lowest BCUT2D eigenvalue weighted by atomic mass is 9.86. The summed E-state index contributed by atoms with van der Waals surface area (Å²) in [5.74, 6) is 0.796. The van der Waals surface area contributed by atoms with Gasteiger partial charge in [-0.1, -0.05) is 12.1 Å². The summed E-state index contributed by atoms with van der Waals surface area (Å²) in [5, 5.41) is 19.8. The molecule has 194 valence electrons. The lowest BCUT2D eigenvalue weighted by Gasteiger charge is -2.31. The van der Waals surface area contributed by atoms with Gasteiger partial charge in [0.2, 0.25) is 0 Å². The van der Waals surface area contributed by atoms with Crippen LogP contribution >= 0.6 is 0 Å². The molecule has 1 fully saturated rings. The van der Waals surface area contributed by atoms with Gasteiger partial charge in [-0.05, 0) is 80.4 Å². The molecule has 37 heavy (non-hydrogen) atoms. The van der Waals surface area contributed by atoms with E-state index in [4.69, 9.17) is 9.47 Å². The van der Waals surface area contributed by atoms with Crippen LogP contribution < -0.4 is 9.47 Å². The van der Waals surface area contributed by atoms with E-state index in [1.807, 2.05) is 31.2 Å². The SMILES string of the molecule is CC1=C(c2ccc(O)cc2F)C(c2ccc(OCC(C)N3CCC(CF)C3)cc2)Oc2ccc(O)cc21. The average molecular weight is 508 g/mol. The van der Waals surface area contributed by atoms with Gasteiger partial charge in [-0.2, -0.15) is 0 Å². The molecule has 3 aromatic carbocycles. The summed E-state index contributed by atoms with van der Waals surface area (Å²) < 4.78 is 40.4. The van der Waals surface area contributed by atoms with Crippen LogP contribution in [0.1, 0.15) is 43.1 Å². The fourth-order valence-corrected chi connectivity index (χ4v) is 5.19. The number of likely N-dealkylation sites (tertiary alicyclic amines) is 1. The summed E-state index contributed by atoms with van der Waals surface area (Å²) in [5.41, 5.74) is 3.21. The Kier molecular flexibility index (Phi) is 7.07. The molecule has 0 saturated carbocycles. The molecule has 0 amide bonds. The van der Waals surface area contributed by atoms with E-state index < -0.39 is 11.9 Å². The number of benzene rings is 3. The smallest absolute Gasteiger partial charge is 0.150 e. The van der Waals surface area contributed by atoms with Crippen LogP contribution in [0.2, 0.25) is 0 Å². The number of phenolic OH excluding ortho intramolecular Hbond substituents is 2. The van der Waals surface area contributed by atoms with E-state index in [0.29, 0.717) is 34.8 Å². The molecular formula is C30H31F2NO4. The zero-order chi connectivity index (χ0) is 26.1. The monoisotopic (exact) mass is 507 g/mol. The number of alkyl halides is 1. The normalized spacial score (nSPS) is 20.4. The number of fused-ring (bicyclic) bond motifs is 1. The molecule has 1 saturated heterocycles. The Labute approximate surface area is 215 Å². The van der Waals surface area contributed by atoms with Crippen molar-refractivity contribution in [3.8, 4) is 23.0 Å². The van der Waals surface area contributed by atoms with E-state index in [1.165, 1.54) is 6.07 Å². The van der Waals surface area contributed by atoms with Crippen LogP contribution in [0, 0.1) is 11.7 Å². The van der Waals surface area contributed by atoms with E-state index in [9.17, 15) is 14.6 Å². The van der Waals surface area contributed by atoms with Gasteiger partial charge in [0, 0.05) is 41.3 Å². The summed E-state index contributed by atoms with van der Waals surface area (Å²) >= 11 is 0. The molecule has 0 spiro atoms. The molecule has 5 nitrogen and oxygen atoms in total.